The Morgan fingerprint density at radius 2 is 1.84 bits per heavy atom. The highest BCUT2D eigenvalue weighted by atomic mass is 35.5. The van der Waals surface area contributed by atoms with Crippen LogP contribution >= 0.6 is 11.6 Å². The van der Waals surface area contributed by atoms with Gasteiger partial charge in [0, 0.05) is 5.56 Å². The summed E-state index contributed by atoms with van der Waals surface area (Å²) < 4.78 is 13.0. The van der Waals surface area contributed by atoms with Gasteiger partial charge < -0.3 is 8.84 Å². The average molecular weight is 535 g/mol. The van der Waals surface area contributed by atoms with Gasteiger partial charge in [-0.15, -0.1) is 10.2 Å². The number of rotatable bonds is 9. The molecule has 1 heterocycles. The molecule has 0 N–H and O–H groups in total. The summed E-state index contributed by atoms with van der Waals surface area (Å²) in [7, 11) is -2.09. The van der Waals surface area contributed by atoms with Crippen LogP contribution in [0.25, 0.3) is 16.3 Å². The maximum absolute atomic E-state index is 9.10. The first-order valence-corrected chi connectivity index (χ1v) is 15.9. The lowest BCUT2D eigenvalue weighted by Crippen LogP contribution is -2.44. The molecule has 2 aromatic carbocycles. The zero-order valence-electron chi connectivity index (χ0n) is 22.7. The van der Waals surface area contributed by atoms with Crippen LogP contribution in [0.15, 0.2) is 40.8 Å². The number of hydrogen-bond acceptors (Lipinski definition) is 5. The van der Waals surface area contributed by atoms with Crippen LogP contribution in [0, 0.1) is 17.9 Å². The van der Waals surface area contributed by atoms with Gasteiger partial charge in [0.15, 0.2) is 8.32 Å². The molecule has 0 fully saturated rings. The Kier molecular flexibility index (Phi) is 8.97. The lowest BCUT2D eigenvalue weighted by atomic mass is 9.90. The molecule has 0 saturated carbocycles. The van der Waals surface area contributed by atoms with Crippen molar-refractivity contribution in [2.75, 3.05) is 0 Å². The van der Waals surface area contributed by atoms with Crippen LogP contribution in [0.4, 0.5) is 5.69 Å². The molecule has 6 nitrogen and oxygen atoms in total. The van der Waals surface area contributed by atoms with E-state index in [9.17, 15) is 0 Å². The summed E-state index contributed by atoms with van der Waals surface area (Å²) in [4.78, 5) is 3.59. The van der Waals surface area contributed by atoms with Gasteiger partial charge in [-0.05, 0) is 73.3 Å². The van der Waals surface area contributed by atoms with Gasteiger partial charge in [-0.1, -0.05) is 57.8 Å². The maximum atomic E-state index is 9.10. The van der Waals surface area contributed by atoms with Gasteiger partial charge in [0.2, 0.25) is 17.5 Å². The van der Waals surface area contributed by atoms with Crippen LogP contribution in [-0.2, 0) is 17.3 Å². The predicted molar refractivity (Wildman–Crippen MR) is 150 cm³/mol. The highest BCUT2D eigenvalue weighted by molar-refractivity contribution is 6.74. The summed E-state index contributed by atoms with van der Waals surface area (Å²) in [6, 6.07) is 13.0. The lowest BCUT2D eigenvalue weighted by Gasteiger charge is -2.40. The van der Waals surface area contributed by atoms with E-state index in [1.54, 1.807) is 18.2 Å². The number of halogens is 1. The van der Waals surface area contributed by atoms with Crippen molar-refractivity contribution >= 4 is 25.6 Å². The van der Waals surface area contributed by atoms with Crippen molar-refractivity contribution in [3.63, 3.8) is 0 Å². The largest absolute Gasteiger partial charge is 0.420 e. The second-order valence-corrected chi connectivity index (χ2v) is 16.1. The Balaban J connectivity index is 2.04. The van der Waals surface area contributed by atoms with Crippen molar-refractivity contribution in [3.8, 4) is 17.5 Å². The molecule has 37 heavy (non-hydrogen) atoms. The second kappa shape index (κ2) is 11.6. The first-order valence-electron chi connectivity index (χ1n) is 12.6. The SMILES string of the molecule is [C-]#[N+]c1ccc(C[C@@H](c2nnc(-c3ccc(C#N)cc3)o2)[C@H](C)O[Si](C)(C)C(C)(C)C)c(CCC)c1Cl. The van der Waals surface area contributed by atoms with E-state index in [0.717, 1.165) is 29.5 Å². The van der Waals surface area contributed by atoms with E-state index in [-0.39, 0.29) is 17.1 Å². The third-order valence-electron chi connectivity index (χ3n) is 7.25. The van der Waals surface area contributed by atoms with Gasteiger partial charge in [0.25, 0.3) is 0 Å². The van der Waals surface area contributed by atoms with E-state index < -0.39 is 8.32 Å². The monoisotopic (exact) mass is 534 g/mol. The lowest BCUT2D eigenvalue weighted by molar-refractivity contribution is 0.154. The second-order valence-electron chi connectivity index (χ2n) is 10.9. The van der Waals surface area contributed by atoms with Crippen molar-refractivity contribution in [3.05, 3.63) is 75.4 Å². The molecule has 2 atom stereocenters. The number of nitriles is 1. The highest BCUT2D eigenvalue weighted by Gasteiger charge is 2.41. The fourth-order valence-corrected chi connectivity index (χ4v) is 5.82. The zero-order valence-corrected chi connectivity index (χ0v) is 24.5. The topological polar surface area (TPSA) is 76.3 Å². The molecule has 0 unspecified atom stereocenters. The van der Waals surface area contributed by atoms with Crippen LogP contribution in [0.2, 0.25) is 23.2 Å². The third-order valence-corrected chi connectivity index (χ3v) is 12.2. The summed E-state index contributed by atoms with van der Waals surface area (Å²) >= 11 is 6.66. The fourth-order valence-electron chi connectivity index (χ4n) is 4.05. The third kappa shape index (κ3) is 6.48. The van der Waals surface area contributed by atoms with Gasteiger partial charge in [0.1, 0.15) is 0 Å². The van der Waals surface area contributed by atoms with E-state index in [0.29, 0.717) is 34.5 Å². The van der Waals surface area contributed by atoms with Crippen LogP contribution in [0.5, 0.6) is 0 Å². The fraction of sp³-hybridized carbons (Fsp3) is 0.448. The molecular weight excluding hydrogens is 500 g/mol. The minimum atomic E-state index is -2.09. The number of nitrogens with zero attached hydrogens (tertiary/aromatic N) is 4. The Hall–Kier alpha value is -2.97. The van der Waals surface area contributed by atoms with Gasteiger partial charge in [-0.2, -0.15) is 5.26 Å². The minimum absolute atomic E-state index is 0.0439. The molecule has 0 aliphatic carbocycles. The van der Waals surface area contributed by atoms with Crippen molar-refractivity contribution in [2.45, 2.75) is 84.0 Å². The van der Waals surface area contributed by atoms with Crippen molar-refractivity contribution < 1.29 is 8.84 Å². The summed E-state index contributed by atoms with van der Waals surface area (Å²) in [6.45, 7) is 22.8. The molecule has 0 radical (unpaired) electrons. The minimum Gasteiger partial charge on any atom is -0.420 e. The van der Waals surface area contributed by atoms with E-state index in [4.69, 9.17) is 32.3 Å². The van der Waals surface area contributed by atoms with Crippen molar-refractivity contribution in [1.29, 1.82) is 5.26 Å². The van der Waals surface area contributed by atoms with E-state index in [1.165, 1.54) is 0 Å². The maximum Gasteiger partial charge on any atom is 0.247 e. The molecule has 3 aromatic rings. The van der Waals surface area contributed by atoms with E-state index in [1.807, 2.05) is 18.2 Å². The molecule has 1 aromatic heterocycles. The average Bonchev–Trinajstić information content (AvgIpc) is 3.33. The molecular formula is C29H35ClN4O2Si. The van der Waals surface area contributed by atoms with Crippen LogP contribution in [0.3, 0.4) is 0 Å². The molecule has 0 bridgehead atoms. The Bertz CT molecular complexity index is 1310. The van der Waals surface area contributed by atoms with Gasteiger partial charge in [0.05, 0.1) is 35.2 Å². The number of aromatic nitrogens is 2. The first-order chi connectivity index (χ1) is 17.4. The first kappa shape index (κ1) is 28.6. The number of hydrogen-bond donors (Lipinski definition) is 0. The smallest absolute Gasteiger partial charge is 0.247 e. The molecule has 0 spiro atoms. The summed E-state index contributed by atoms with van der Waals surface area (Å²) in [5.74, 6) is 0.691. The highest BCUT2D eigenvalue weighted by Crippen LogP contribution is 2.41. The molecule has 194 valence electrons. The Morgan fingerprint density at radius 1 is 1.16 bits per heavy atom. The Morgan fingerprint density at radius 3 is 2.41 bits per heavy atom. The quantitative estimate of drug-likeness (QED) is 0.203. The standard InChI is InChI=1S/C29H35ClN4O2Si/c1-9-10-23-22(15-16-25(32-6)26(23)30)17-24(19(2)36-37(7,8)29(3,4)5)28-34-33-27(35-28)21-13-11-20(18-31)12-14-21/h11-16,19,24H,9-10,17H2,1-5,7-8H3/t19-,24+/m0/s1. The van der Waals surface area contributed by atoms with Gasteiger partial charge in [-0.25, -0.2) is 4.85 Å². The van der Waals surface area contributed by atoms with E-state index in [2.05, 4.69) is 68.8 Å². The zero-order chi connectivity index (χ0) is 27.4. The molecule has 0 aliphatic heterocycles. The van der Waals surface area contributed by atoms with Crippen LogP contribution in [-0.4, -0.2) is 24.6 Å². The summed E-state index contributed by atoms with van der Waals surface area (Å²) in [6.07, 6.45) is 2.10. The van der Waals surface area contributed by atoms with Crippen molar-refractivity contribution in [1.82, 2.24) is 10.2 Å². The summed E-state index contributed by atoms with van der Waals surface area (Å²) in [5, 5.41) is 18.4. The van der Waals surface area contributed by atoms with E-state index >= 15 is 0 Å². The molecule has 0 saturated heterocycles. The summed E-state index contributed by atoms with van der Waals surface area (Å²) in [5.41, 5.74) is 3.85. The molecule has 0 amide bonds. The normalized spacial score (nSPS) is 13.6. The number of benzene rings is 2. The van der Waals surface area contributed by atoms with Crippen LogP contribution in [0.1, 0.15) is 69.5 Å². The van der Waals surface area contributed by atoms with Gasteiger partial charge >= 0.3 is 0 Å². The van der Waals surface area contributed by atoms with Gasteiger partial charge in [-0.3, -0.25) is 0 Å². The van der Waals surface area contributed by atoms with Crippen LogP contribution < -0.4 is 0 Å². The predicted octanol–water partition coefficient (Wildman–Crippen LogP) is 8.50. The molecule has 0 aliphatic rings. The van der Waals surface area contributed by atoms with Crippen molar-refractivity contribution in [2.24, 2.45) is 0 Å². The molecule has 8 heteroatoms. The molecule has 3 rings (SSSR count). The Labute approximate surface area is 226 Å².